The summed E-state index contributed by atoms with van der Waals surface area (Å²) in [4.78, 5) is 4.59. The zero-order valence-corrected chi connectivity index (χ0v) is 14.8. The van der Waals surface area contributed by atoms with E-state index >= 15 is 0 Å². The number of nitrogens with zero attached hydrogens (tertiary/aromatic N) is 1. The second kappa shape index (κ2) is 8.99. The van der Waals surface area contributed by atoms with E-state index < -0.39 is 0 Å². The molecule has 0 aliphatic carbocycles. The summed E-state index contributed by atoms with van der Waals surface area (Å²) in [6.07, 6.45) is 8.58. The quantitative estimate of drug-likeness (QED) is 0.418. The van der Waals surface area contributed by atoms with Crippen LogP contribution >= 0.6 is 0 Å². The molecule has 1 unspecified atom stereocenters. The minimum Gasteiger partial charge on any atom is -0.385 e. The molecule has 3 N–H and O–H groups in total. The van der Waals surface area contributed by atoms with Crippen molar-refractivity contribution in [1.29, 1.82) is 0 Å². The molecule has 1 rings (SSSR count). The lowest BCUT2D eigenvalue weighted by atomic mass is 9.96. The molecule has 0 aliphatic rings. The van der Waals surface area contributed by atoms with E-state index in [9.17, 15) is 0 Å². The fourth-order valence-corrected chi connectivity index (χ4v) is 2.25. The van der Waals surface area contributed by atoms with Gasteiger partial charge in [-0.15, -0.1) is 0 Å². The molecular weight excluding hydrogens is 282 g/mol. The van der Waals surface area contributed by atoms with Crippen molar-refractivity contribution in [3.63, 3.8) is 0 Å². The van der Waals surface area contributed by atoms with Crippen molar-refractivity contribution < 1.29 is 0 Å². The summed E-state index contributed by atoms with van der Waals surface area (Å²) in [5.41, 5.74) is 9.28. The lowest BCUT2D eigenvalue weighted by Gasteiger charge is -2.30. The Kier molecular flexibility index (Phi) is 7.33. The predicted octanol–water partition coefficient (Wildman–Crippen LogP) is 4.62. The van der Waals surface area contributed by atoms with Gasteiger partial charge in [-0.2, -0.15) is 0 Å². The number of nitrogens with one attached hydrogen (secondary N) is 1. The molecule has 124 valence electrons. The number of rotatable bonds is 8. The fraction of sp³-hybridized carbons (Fsp3) is 0.350. The number of aliphatic imine (C=N–C) groups is 1. The van der Waals surface area contributed by atoms with Crippen LogP contribution in [0.25, 0.3) is 0 Å². The van der Waals surface area contributed by atoms with E-state index in [4.69, 9.17) is 5.73 Å². The topological polar surface area (TPSA) is 50.4 Å². The predicted molar refractivity (Wildman–Crippen MR) is 103 cm³/mol. The molecule has 3 nitrogen and oxygen atoms in total. The number of benzene rings is 1. The van der Waals surface area contributed by atoms with E-state index in [0.29, 0.717) is 12.4 Å². The van der Waals surface area contributed by atoms with Crippen molar-refractivity contribution in [2.24, 2.45) is 10.7 Å². The third kappa shape index (κ3) is 5.78. The summed E-state index contributed by atoms with van der Waals surface area (Å²) in [6, 6.07) is 8.29. The van der Waals surface area contributed by atoms with E-state index in [2.05, 4.69) is 55.9 Å². The van der Waals surface area contributed by atoms with Gasteiger partial charge in [0.2, 0.25) is 0 Å². The zero-order valence-electron chi connectivity index (χ0n) is 14.8. The first-order chi connectivity index (χ1) is 10.9. The Morgan fingerprint density at radius 3 is 2.74 bits per heavy atom. The van der Waals surface area contributed by atoms with Crippen LogP contribution in [0.4, 0.5) is 5.69 Å². The summed E-state index contributed by atoms with van der Waals surface area (Å²) in [5, 5.41) is 3.52. The van der Waals surface area contributed by atoms with Gasteiger partial charge in [0.1, 0.15) is 5.84 Å². The standard InChI is InChI=1S/C20H29N3/c1-6-10-17(11-7-2)15-22-19(21)20(5,8-3)23-18-13-9-12-16(4)14-18/h6-7,9-14,23H,1,8,15H2,2-5H3,(H2,21,22)/b11-7-,17-10+. The Balaban J connectivity index is 2.95. The summed E-state index contributed by atoms with van der Waals surface area (Å²) in [5.74, 6) is 0.612. The number of aryl methyl sites for hydroxylation is 1. The van der Waals surface area contributed by atoms with Gasteiger partial charge in [0.05, 0.1) is 12.1 Å². The van der Waals surface area contributed by atoms with Crippen LogP contribution in [-0.4, -0.2) is 17.9 Å². The van der Waals surface area contributed by atoms with E-state index in [1.54, 1.807) is 6.08 Å². The van der Waals surface area contributed by atoms with Crippen LogP contribution in [0.1, 0.15) is 32.8 Å². The third-order valence-electron chi connectivity index (χ3n) is 3.86. The first kappa shape index (κ1) is 18.8. The van der Waals surface area contributed by atoms with Crippen LogP contribution in [0.5, 0.6) is 0 Å². The highest BCUT2D eigenvalue weighted by Gasteiger charge is 2.26. The summed E-state index contributed by atoms with van der Waals surface area (Å²) in [6.45, 7) is 12.5. The number of amidine groups is 1. The molecular formula is C20H29N3. The third-order valence-corrected chi connectivity index (χ3v) is 3.86. The number of anilines is 1. The molecule has 0 saturated carbocycles. The van der Waals surface area contributed by atoms with Gasteiger partial charge < -0.3 is 11.1 Å². The van der Waals surface area contributed by atoms with Crippen molar-refractivity contribution in [3.05, 3.63) is 66.3 Å². The smallest absolute Gasteiger partial charge is 0.120 e. The molecule has 0 saturated heterocycles. The van der Waals surface area contributed by atoms with E-state index in [1.807, 2.05) is 31.2 Å². The van der Waals surface area contributed by atoms with Gasteiger partial charge in [-0.25, -0.2) is 0 Å². The van der Waals surface area contributed by atoms with Gasteiger partial charge in [-0.1, -0.05) is 49.9 Å². The highest BCUT2D eigenvalue weighted by atomic mass is 15.0. The molecule has 3 heteroatoms. The van der Waals surface area contributed by atoms with E-state index in [-0.39, 0.29) is 5.54 Å². The molecule has 0 heterocycles. The number of hydrogen-bond donors (Lipinski definition) is 2. The second-order valence-corrected chi connectivity index (χ2v) is 5.86. The average molecular weight is 311 g/mol. The highest BCUT2D eigenvalue weighted by Crippen LogP contribution is 2.20. The van der Waals surface area contributed by atoms with Gasteiger partial charge >= 0.3 is 0 Å². The Morgan fingerprint density at radius 1 is 1.43 bits per heavy atom. The van der Waals surface area contributed by atoms with Crippen molar-refractivity contribution in [1.82, 2.24) is 0 Å². The summed E-state index contributed by atoms with van der Waals surface area (Å²) >= 11 is 0. The molecule has 1 aromatic carbocycles. The van der Waals surface area contributed by atoms with E-state index in [0.717, 1.165) is 17.7 Å². The van der Waals surface area contributed by atoms with E-state index in [1.165, 1.54) is 5.56 Å². The molecule has 0 radical (unpaired) electrons. The Labute approximate surface area is 140 Å². The van der Waals surface area contributed by atoms with Crippen LogP contribution in [0.2, 0.25) is 0 Å². The molecule has 0 aliphatic heterocycles. The maximum atomic E-state index is 6.30. The summed E-state index contributed by atoms with van der Waals surface area (Å²) in [7, 11) is 0. The van der Waals surface area contributed by atoms with Crippen LogP contribution in [-0.2, 0) is 0 Å². The molecule has 0 spiro atoms. The molecule has 0 bridgehead atoms. The lowest BCUT2D eigenvalue weighted by molar-refractivity contribution is 0.642. The first-order valence-corrected chi connectivity index (χ1v) is 8.04. The highest BCUT2D eigenvalue weighted by molar-refractivity contribution is 5.92. The summed E-state index contributed by atoms with van der Waals surface area (Å²) < 4.78 is 0. The number of hydrogen-bond acceptors (Lipinski definition) is 2. The van der Waals surface area contributed by atoms with Gasteiger partial charge in [-0.05, 0) is 50.5 Å². The normalized spacial score (nSPS) is 15.5. The Morgan fingerprint density at radius 2 is 2.17 bits per heavy atom. The molecule has 0 amide bonds. The Bertz CT molecular complexity index is 611. The van der Waals surface area contributed by atoms with Crippen LogP contribution in [0.15, 0.2) is 65.7 Å². The molecule has 23 heavy (non-hydrogen) atoms. The van der Waals surface area contributed by atoms with Gasteiger partial charge in [-0.3, -0.25) is 4.99 Å². The van der Waals surface area contributed by atoms with Crippen LogP contribution < -0.4 is 11.1 Å². The minimum absolute atomic E-state index is 0.372. The minimum atomic E-state index is -0.372. The van der Waals surface area contributed by atoms with Crippen molar-refractivity contribution in [2.45, 2.75) is 39.7 Å². The maximum absolute atomic E-state index is 6.30. The molecule has 1 aromatic rings. The van der Waals surface area contributed by atoms with Gasteiger partial charge in [0.25, 0.3) is 0 Å². The SMILES string of the molecule is C=C/C=C(\C=C/C)CN=C(N)C(C)(CC)Nc1cccc(C)c1. The Hall–Kier alpha value is -2.29. The van der Waals surface area contributed by atoms with Crippen LogP contribution in [0.3, 0.4) is 0 Å². The molecule has 1 atom stereocenters. The number of allylic oxidation sites excluding steroid dienone is 3. The lowest BCUT2D eigenvalue weighted by Crippen LogP contribution is -2.47. The second-order valence-electron chi connectivity index (χ2n) is 5.86. The maximum Gasteiger partial charge on any atom is 0.120 e. The van der Waals surface area contributed by atoms with Gasteiger partial charge in [0.15, 0.2) is 0 Å². The molecule has 0 fully saturated rings. The van der Waals surface area contributed by atoms with Crippen molar-refractivity contribution in [3.8, 4) is 0 Å². The average Bonchev–Trinajstić information content (AvgIpc) is 2.52. The van der Waals surface area contributed by atoms with Gasteiger partial charge in [0, 0.05) is 5.69 Å². The number of nitrogens with two attached hydrogens (primary N) is 1. The molecule has 0 aromatic heterocycles. The zero-order chi connectivity index (χ0) is 17.3. The fourth-order valence-electron chi connectivity index (χ4n) is 2.25. The monoisotopic (exact) mass is 311 g/mol. The largest absolute Gasteiger partial charge is 0.385 e. The first-order valence-electron chi connectivity index (χ1n) is 8.04. The van der Waals surface area contributed by atoms with Crippen molar-refractivity contribution >= 4 is 11.5 Å². The van der Waals surface area contributed by atoms with Crippen LogP contribution in [0, 0.1) is 6.92 Å². The van der Waals surface area contributed by atoms with Crippen molar-refractivity contribution in [2.75, 3.05) is 11.9 Å².